The van der Waals surface area contributed by atoms with E-state index in [4.69, 9.17) is 0 Å². The lowest BCUT2D eigenvalue weighted by atomic mass is 9.99. The van der Waals surface area contributed by atoms with Crippen molar-refractivity contribution in [1.29, 1.82) is 0 Å². The Bertz CT molecular complexity index is 138. The summed E-state index contributed by atoms with van der Waals surface area (Å²) in [6, 6.07) is 2.00. The van der Waals surface area contributed by atoms with Gasteiger partial charge in [-0.15, -0.1) is 0 Å². The maximum atomic E-state index is 3.66. The Morgan fingerprint density at radius 3 is 2.23 bits per heavy atom. The summed E-state index contributed by atoms with van der Waals surface area (Å²) < 4.78 is 0. The van der Waals surface area contributed by atoms with Gasteiger partial charge in [0.1, 0.15) is 0 Å². The quantitative estimate of drug-likeness (QED) is 0.703. The Balaban J connectivity index is 2.52. The highest BCUT2D eigenvalue weighted by atomic mass is 15.2. The predicted octanol–water partition coefficient (Wildman–Crippen LogP) is 1.71. The average molecular weight is 184 g/mol. The third-order valence-electron chi connectivity index (χ3n) is 2.97. The van der Waals surface area contributed by atoms with Crippen LogP contribution in [0.25, 0.3) is 0 Å². The molecule has 0 aromatic rings. The van der Waals surface area contributed by atoms with Crippen molar-refractivity contribution in [2.45, 2.75) is 52.7 Å². The maximum Gasteiger partial charge on any atom is 0.0221 e. The third-order valence-corrected chi connectivity index (χ3v) is 2.97. The van der Waals surface area contributed by atoms with Gasteiger partial charge in [0.05, 0.1) is 0 Å². The molecule has 1 heterocycles. The molecule has 1 rings (SSSR count). The summed E-state index contributed by atoms with van der Waals surface area (Å²) in [5.74, 6) is 0.740. The normalized spacial score (nSPS) is 31.6. The Morgan fingerprint density at radius 2 is 1.77 bits per heavy atom. The molecule has 0 aromatic heterocycles. The van der Waals surface area contributed by atoms with Crippen LogP contribution in [0.5, 0.6) is 0 Å². The van der Waals surface area contributed by atoms with Crippen molar-refractivity contribution in [2.24, 2.45) is 5.92 Å². The number of nitrogens with one attached hydrogen (secondary N) is 1. The Hall–Kier alpha value is -0.0800. The average Bonchev–Trinajstić information content (AvgIpc) is 2.03. The van der Waals surface area contributed by atoms with Gasteiger partial charge in [-0.1, -0.05) is 13.8 Å². The first-order chi connectivity index (χ1) is 6.00. The van der Waals surface area contributed by atoms with Crippen LogP contribution in [0.1, 0.15) is 34.6 Å². The first kappa shape index (κ1) is 11.0. The lowest BCUT2D eigenvalue weighted by molar-refractivity contribution is 0.116. The number of piperazine rings is 1. The zero-order valence-corrected chi connectivity index (χ0v) is 9.67. The minimum absolute atomic E-state index is 0.642. The molecule has 0 spiro atoms. The number of nitrogens with zero attached hydrogens (tertiary/aromatic N) is 1. The standard InChI is InChI=1S/C11H24N2/c1-8(2)11-7-13(9(3)4)6-10(5)12-11/h8-12H,6-7H2,1-5H3/t10-,11+/m0/s1. The monoisotopic (exact) mass is 184 g/mol. The van der Waals surface area contributed by atoms with Gasteiger partial charge in [0.25, 0.3) is 0 Å². The zero-order chi connectivity index (χ0) is 10.0. The molecule has 0 bridgehead atoms. The van der Waals surface area contributed by atoms with Gasteiger partial charge in [-0.3, -0.25) is 4.90 Å². The first-order valence-corrected chi connectivity index (χ1v) is 5.50. The van der Waals surface area contributed by atoms with Crippen LogP contribution in [0.3, 0.4) is 0 Å². The van der Waals surface area contributed by atoms with E-state index >= 15 is 0 Å². The van der Waals surface area contributed by atoms with Crippen molar-refractivity contribution in [3.05, 3.63) is 0 Å². The summed E-state index contributed by atoms with van der Waals surface area (Å²) >= 11 is 0. The van der Waals surface area contributed by atoms with E-state index in [1.807, 2.05) is 0 Å². The van der Waals surface area contributed by atoms with E-state index in [1.165, 1.54) is 13.1 Å². The van der Waals surface area contributed by atoms with E-state index in [2.05, 4.69) is 44.8 Å². The molecule has 1 fully saturated rings. The third kappa shape index (κ3) is 2.96. The van der Waals surface area contributed by atoms with Crippen LogP contribution < -0.4 is 5.32 Å². The summed E-state index contributed by atoms with van der Waals surface area (Å²) in [5, 5.41) is 3.66. The van der Waals surface area contributed by atoms with Gasteiger partial charge in [0.2, 0.25) is 0 Å². The van der Waals surface area contributed by atoms with Gasteiger partial charge < -0.3 is 5.32 Å². The van der Waals surface area contributed by atoms with Crippen molar-refractivity contribution < 1.29 is 0 Å². The highest BCUT2D eigenvalue weighted by Gasteiger charge is 2.26. The Kier molecular flexibility index (Phi) is 3.74. The second-order valence-electron chi connectivity index (χ2n) is 4.97. The lowest BCUT2D eigenvalue weighted by Gasteiger charge is -2.41. The number of hydrogen-bond acceptors (Lipinski definition) is 2. The molecule has 2 atom stereocenters. The maximum absolute atomic E-state index is 3.66. The van der Waals surface area contributed by atoms with Crippen molar-refractivity contribution in [3.63, 3.8) is 0 Å². The van der Waals surface area contributed by atoms with Gasteiger partial charge in [0.15, 0.2) is 0 Å². The predicted molar refractivity (Wildman–Crippen MR) is 57.9 cm³/mol. The molecule has 0 aliphatic carbocycles. The van der Waals surface area contributed by atoms with E-state index in [0.29, 0.717) is 18.1 Å². The second-order valence-corrected chi connectivity index (χ2v) is 4.97. The summed E-state index contributed by atoms with van der Waals surface area (Å²) in [5.41, 5.74) is 0. The van der Waals surface area contributed by atoms with E-state index in [9.17, 15) is 0 Å². The summed E-state index contributed by atoms with van der Waals surface area (Å²) in [6.07, 6.45) is 0. The molecule has 1 aliphatic rings. The molecule has 0 amide bonds. The molecule has 2 heteroatoms. The van der Waals surface area contributed by atoms with E-state index in [-0.39, 0.29) is 0 Å². The molecule has 13 heavy (non-hydrogen) atoms. The van der Waals surface area contributed by atoms with Crippen LogP contribution in [0.15, 0.2) is 0 Å². The summed E-state index contributed by atoms with van der Waals surface area (Å²) in [7, 11) is 0. The fourth-order valence-electron chi connectivity index (χ4n) is 1.97. The summed E-state index contributed by atoms with van der Waals surface area (Å²) in [4.78, 5) is 2.58. The fraction of sp³-hybridized carbons (Fsp3) is 1.00. The van der Waals surface area contributed by atoms with E-state index < -0.39 is 0 Å². The minimum Gasteiger partial charge on any atom is -0.309 e. The van der Waals surface area contributed by atoms with E-state index in [1.54, 1.807) is 0 Å². The van der Waals surface area contributed by atoms with Crippen LogP contribution in [0.4, 0.5) is 0 Å². The minimum atomic E-state index is 0.642. The number of rotatable bonds is 2. The highest BCUT2D eigenvalue weighted by molar-refractivity contribution is 4.86. The van der Waals surface area contributed by atoms with Gasteiger partial charge in [-0.25, -0.2) is 0 Å². The topological polar surface area (TPSA) is 15.3 Å². The van der Waals surface area contributed by atoms with Crippen LogP contribution in [-0.4, -0.2) is 36.1 Å². The van der Waals surface area contributed by atoms with Crippen molar-refractivity contribution in [1.82, 2.24) is 10.2 Å². The lowest BCUT2D eigenvalue weighted by Crippen LogP contribution is -2.58. The Labute approximate surface area is 82.7 Å². The molecule has 0 saturated carbocycles. The van der Waals surface area contributed by atoms with Crippen LogP contribution in [0, 0.1) is 5.92 Å². The Morgan fingerprint density at radius 1 is 1.15 bits per heavy atom. The van der Waals surface area contributed by atoms with Gasteiger partial charge in [-0.2, -0.15) is 0 Å². The highest BCUT2D eigenvalue weighted by Crippen LogP contribution is 2.13. The van der Waals surface area contributed by atoms with Crippen molar-refractivity contribution >= 4 is 0 Å². The van der Waals surface area contributed by atoms with E-state index in [0.717, 1.165) is 5.92 Å². The first-order valence-electron chi connectivity index (χ1n) is 5.50. The molecule has 2 nitrogen and oxygen atoms in total. The zero-order valence-electron chi connectivity index (χ0n) is 9.67. The van der Waals surface area contributed by atoms with Gasteiger partial charge in [0, 0.05) is 31.2 Å². The molecule has 0 radical (unpaired) electrons. The number of hydrogen-bond donors (Lipinski definition) is 1. The molecule has 0 unspecified atom stereocenters. The fourth-order valence-corrected chi connectivity index (χ4v) is 1.97. The van der Waals surface area contributed by atoms with Crippen molar-refractivity contribution in [3.8, 4) is 0 Å². The SMILES string of the molecule is CC(C)[C@H]1CN(C(C)C)C[C@H](C)N1. The molecular weight excluding hydrogens is 160 g/mol. The molecule has 0 aromatic carbocycles. The van der Waals surface area contributed by atoms with Crippen LogP contribution >= 0.6 is 0 Å². The molecule has 78 valence electrons. The van der Waals surface area contributed by atoms with Crippen LogP contribution in [0.2, 0.25) is 0 Å². The second kappa shape index (κ2) is 4.43. The smallest absolute Gasteiger partial charge is 0.0221 e. The van der Waals surface area contributed by atoms with Gasteiger partial charge >= 0.3 is 0 Å². The largest absolute Gasteiger partial charge is 0.309 e. The molecular formula is C11H24N2. The molecule has 1 aliphatic heterocycles. The summed E-state index contributed by atoms with van der Waals surface area (Å²) in [6.45, 7) is 13.9. The van der Waals surface area contributed by atoms with Gasteiger partial charge in [-0.05, 0) is 26.7 Å². The molecule has 1 saturated heterocycles. The molecule has 1 N–H and O–H groups in total. The van der Waals surface area contributed by atoms with Crippen molar-refractivity contribution in [2.75, 3.05) is 13.1 Å². The van der Waals surface area contributed by atoms with Crippen LogP contribution in [-0.2, 0) is 0 Å².